The van der Waals surface area contributed by atoms with Gasteiger partial charge in [0.1, 0.15) is 22.7 Å². The van der Waals surface area contributed by atoms with Crippen LogP contribution < -0.4 is 19.7 Å². The lowest BCUT2D eigenvalue weighted by Crippen LogP contribution is -2.64. The highest BCUT2D eigenvalue weighted by Crippen LogP contribution is 2.37. The van der Waals surface area contributed by atoms with Crippen molar-refractivity contribution in [2.45, 2.75) is 25.6 Å². The number of rotatable bonds is 7. The highest BCUT2D eigenvalue weighted by molar-refractivity contribution is 6.12. The fourth-order valence-electron chi connectivity index (χ4n) is 4.63. The van der Waals surface area contributed by atoms with Gasteiger partial charge < -0.3 is 14.8 Å². The molecule has 0 fully saturated rings. The SMILES string of the molecule is COc1cc(OC)cc(N2C(=O)c3cc(-c4ccccc4)nn3C[C@]2(C)C(=O)NCc2ccccc2)c1. The van der Waals surface area contributed by atoms with Crippen LogP contribution >= 0.6 is 0 Å². The normalized spacial score (nSPS) is 16.7. The Balaban J connectivity index is 1.59. The number of benzene rings is 3. The van der Waals surface area contributed by atoms with E-state index in [9.17, 15) is 9.59 Å². The molecule has 0 saturated heterocycles. The molecule has 188 valence electrons. The number of carbonyl (C=O) groups is 2. The van der Waals surface area contributed by atoms with Crippen molar-refractivity contribution in [3.8, 4) is 22.8 Å². The predicted octanol–water partition coefficient (Wildman–Crippen LogP) is 4.30. The Hall–Kier alpha value is -4.59. The Bertz CT molecular complexity index is 1410. The van der Waals surface area contributed by atoms with Crippen molar-refractivity contribution in [2.75, 3.05) is 19.1 Å². The van der Waals surface area contributed by atoms with Gasteiger partial charge in [0.2, 0.25) is 5.91 Å². The number of nitrogens with zero attached hydrogens (tertiary/aromatic N) is 3. The minimum atomic E-state index is -1.28. The van der Waals surface area contributed by atoms with Crippen LogP contribution in [0.3, 0.4) is 0 Å². The summed E-state index contributed by atoms with van der Waals surface area (Å²) in [5.41, 5.74) is 2.13. The second kappa shape index (κ2) is 9.81. The van der Waals surface area contributed by atoms with Crippen molar-refractivity contribution in [3.63, 3.8) is 0 Å². The highest BCUT2D eigenvalue weighted by atomic mass is 16.5. The Kier molecular flexibility index (Phi) is 6.40. The Morgan fingerprint density at radius 2 is 1.57 bits per heavy atom. The number of carbonyl (C=O) groups excluding carboxylic acids is 2. The van der Waals surface area contributed by atoms with Crippen molar-refractivity contribution in [1.82, 2.24) is 15.1 Å². The molecule has 1 atom stereocenters. The van der Waals surface area contributed by atoms with Crippen molar-refractivity contribution in [3.05, 3.63) is 96.2 Å². The summed E-state index contributed by atoms with van der Waals surface area (Å²) in [7, 11) is 3.09. The van der Waals surface area contributed by atoms with Gasteiger partial charge in [-0.2, -0.15) is 5.10 Å². The largest absolute Gasteiger partial charge is 0.497 e. The zero-order chi connectivity index (χ0) is 26.0. The van der Waals surface area contributed by atoms with E-state index in [1.165, 1.54) is 4.90 Å². The topological polar surface area (TPSA) is 85.7 Å². The second-order valence-electron chi connectivity index (χ2n) is 9.09. The number of hydrogen-bond acceptors (Lipinski definition) is 5. The van der Waals surface area contributed by atoms with Crippen LogP contribution in [-0.2, 0) is 17.9 Å². The lowest BCUT2D eigenvalue weighted by atomic mass is 9.93. The number of fused-ring (bicyclic) bond motifs is 1. The molecule has 0 radical (unpaired) electrons. The summed E-state index contributed by atoms with van der Waals surface area (Å²) >= 11 is 0. The van der Waals surface area contributed by atoms with Crippen LogP contribution in [0.2, 0.25) is 0 Å². The molecule has 0 aliphatic carbocycles. The minimum Gasteiger partial charge on any atom is -0.497 e. The number of nitrogens with one attached hydrogen (secondary N) is 1. The van der Waals surface area contributed by atoms with Crippen LogP contribution in [0.5, 0.6) is 11.5 Å². The lowest BCUT2D eigenvalue weighted by Gasteiger charge is -2.43. The van der Waals surface area contributed by atoms with E-state index in [0.29, 0.717) is 35.1 Å². The number of ether oxygens (including phenoxy) is 2. The molecule has 37 heavy (non-hydrogen) atoms. The molecule has 1 aliphatic rings. The maximum atomic E-state index is 14.1. The standard InChI is InChI=1S/C29H28N4O4/c1-29(28(35)30-18-20-10-6-4-7-11-20)19-32-26(17-25(31-32)21-12-8-5-9-13-21)27(34)33(29)22-14-23(36-2)16-24(15-22)37-3/h4-17H,18-19H2,1-3H3,(H,30,35)/t29-/m1/s1. The molecule has 1 N–H and O–H groups in total. The Labute approximate surface area is 215 Å². The molecule has 0 saturated carbocycles. The van der Waals surface area contributed by atoms with E-state index in [4.69, 9.17) is 14.6 Å². The predicted molar refractivity (Wildman–Crippen MR) is 141 cm³/mol. The van der Waals surface area contributed by atoms with Gasteiger partial charge in [-0.15, -0.1) is 0 Å². The number of amides is 2. The summed E-state index contributed by atoms with van der Waals surface area (Å²) in [5.74, 6) is 0.388. The van der Waals surface area contributed by atoms with E-state index in [-0.39, 0.29) is 18.4 Å². The molecule has 0 unspecified atom stereocenters. The van der Waals surface area contributed by atoms with E-state index < -0.39 is 5.54 Å². The van der Waals surface area contributed by atoms with E-state index in [1.54, 1.807) is 50.1 Å². The lowest BCUT2D eigenvalue weighted by molar-refractivity contribution is -0.126. The molecule has 2 amide bonds. The van der Waals surface area contributed by atoms with Gasteiger partial charge in [-0.05, 0) is 18.6 Å². The van der Waals surface area contributed by atoms with Crippen molar-refractivity contribution in [2.24, 2.45) is 0 Å². The van der Waals surface area contributed by atoms with Gasteiger partial charge in [0.25, 0.3) is 5.91 Å². The van der Waals surface area contributed by atoms with Crippen LogP contribution in [0.25, 0.3) is 11.3 Å². The first-order chi connectivity index (χ1) is 17.9. The van der Waals surface area contributed by atoms with E-state index >= 15 is 0 Å². The molecule has 0 bridgehead atoms. The van der Waals surface area contributed by atoms with Crippen molar-refractivity contribution >= 4 is 17.5 Å². The number of anilines is 1. The molecular weight excluding hydrogens is 468 g/mol. The number of methoxy groups -OCH3 is 2. The van der Waals surface area contributed by atoms with Gasteiger partial charge in [-0.3, -0.25) is 19.2 Å². The second-order valence-corrected chi connectivity index (χ2v) is 9.09. The van der Waals surface area contributed by atoms with Gasteiger partial charge in [0.15, 0.2) is 0 Å². The average Bonchev–Trinajstić information content (AvgIpc) is 3.36. The van der Waals surface area contributed by atoms with Crippen LogP contribution in [0.4, 0.5) is 5.69 Å². The highest BCUT2D eigenvalue weighted by Gasteiger charge is 2.49. The Morgan fingerprint density at radius 1 is 0.946 bits per heavy atom. The molecule has 5 rings (SSSR count). The number of hydrogen-bond donors (Lipinski definition) is 1. The van der Waals surface area contributed by atoms with Gasteiger partial charge in [-0.1, -0.05) is 60.7 Å². The van der Waals surface area contributed by atoms with Crippen molar-refractivity contribution < 1.29 is 19.1 Å². The van der Waals surface area contributed by atoms with Crippen molar-refractivity contribution in [1.29, 1.82) is 0 Å². The fourth-order valence-corrected chi connectivity index (χ4v) is 4.63. The van der Waals surface area contributed by atoms with Crippen LogP contribution in [0.15, 0.2) is 84.9 Å². The molecular formula is C29H28N4O4. The third-order valence-electron chi connectivity index (χ3n) is 6.60. The molecule has 8 nitrogen and oxygen atoms in total. The summed E-state index contributed by atoms with van der Waals surface area (Å²) in [6.07, 6.45) is 0. The first-order valence-corrected chi connectivity index (χ1v) is 12.0. The minimum absolute atomic E-state index is 0.168. The van der Waals surface area contributed by atoms with E-state index in [2.05, 4.69) is 5.32 Å². The quantitative estimate of drug-likeness (QED) is 0.412. The zero-order valence-corrected chi connectivity index (χ0v) is 21.0. The van der Waals surface area contributed by atoms with Gasteiger partial charge in [0.05, 0.1) is 32.1 Å². The molecule has 3 aromatic carbocycles. The summed E-state index contributed by atoms with van der Waals surface area (Å²) < 4.78 is 12.5. The average molecular weight is 497 g/mol. The molecule has 1 aromatic heterocycles. The monoisotopic (exact) mass is 496 g/mol. The molecule has 1 aliphatic heterocycles. The van der Waals surface area contributed by atoms with Gasteiger partial charge >= 0.3 is 0 Å². The molecule has 2 heterocycles. The zero-order valence-electron chi connectivity index (χ0n) is 21.0. The summed E-state index contributed by atoms with van der Waals surface area (Å²) in [6.45, 7) is 2.25. The number of aromatic nitrogens is 2. The summed E-state index contributed by atoms with van der Waals surface area (Å²) in [4.78, 5) is 29.4. The summed E-state index contributed by atoms with van der Waals surface area (Å²) in [5, 5.41) is 7.72. The maximum Gasteiger partial charge on any atom is 0.277 e. The first-order valence-electron chi connectivity index (χ1n) is 12.0. The van der Waals surface area contributed by atoms with Crippen LogP contribution in [0.1, 0.15) is 23.0 Å². The van der Waals surface area contributed by atoms with E-state index in [1.807, 2.05) is 60.7 Å². The third-order valence-corrected chi connectivity index (χ3v) is 6.60. The Morgan fingerprint density at radius 3 is 2.19 bits per heavy atom. The van der Waals surface area contributed by atoms with Crippen LogP contribution in [0, 0.1) is 0 Å². The molecule has 8 heteroatoms. The first kappa shape index (κ1) is 24.1. The maximum absolute atomic E-state index is 14.1. The smallest absolute Gasteiger partial charge is 0.277 e. The molecule has 0 spiro atoms. The van der Waals surface area contributed by atoms with Crippen LogP contribution in [-0.4, -0.2) is 41.4 Å². The van der Waals surface area contributed by atoms with Gasteiger partial charge in [-0.25, -0.2) is 0 Å². The van der Waals surface area contributed by atoms with Gasteiger partial charge in [0, 0.05) is 30.3 Å². The third kappa shape index (κ3) is 4.53. The fraction of sp³-hybridized carbons (Fsp3) is 0.207. The molecule has 4 aromatic rings. The van der Waals surface area contributed by atoms with E-state index in [0.717, 1.165) is 11.1 Å². The summed E-state index contributed by atoms with van der Waals surface area (Å²) in [6, 6.07) is 26.2.